The zero-order valence-electron chi connectivity index (χ0n) is 13.1. The van der Waals surface area contributed by atoms with Crippen LogP contribution >= 0.6 is 0 Å². The number of nitrogens with one attached hydrogen (secondary N) is 2. The van der Waals surface area contributed by atoms with Gasteiger partial charge in [0.1, 0.15) is 12.4 Å². The van der Waals surface area contributed by atoms with Crippen LogP contribution in [-0.2, 0) is 16.1 Å². The second-order valence-electron chi connectivity index (χ2n) is 4.39. The third-order valence-corrected chi connectivity index (χ3v) is 2.85. The number of esters is 1. The number of hydrogen-bond acceptors (Lipinski definition) is 4. The van der Waals surface area contributed by atoms with Crippen molar-refractivity contribution in [2.24, 2.45) is 4.99 Å². The molecule has 0 aliphatic heterocycles. The van der Waals surface area contributed by atoms with Crippen LogP contribution in [0.15, 0.2) is 41.9 Å². The quantitative estimate of drug-likeness (QED) is 0.329. The lowest BCUT2D eigenvalue weighted by atomic mass is 10.2. The molecule has 0 spiro atoms. The van der Waals surface area contributed by atoms with Gasteiger partial charge in [-0.1, -0.05) is 30.9 Å². The predicted octanol–water partition coefficient (Wildman–Crippen LogP) is 1.48. The summed E-state index contributed by atoms with van der Waals surface area (Å²) in [5.74, 6) is 1.16. The van der Waals surface area contributed by atoms with Crippen molar-refractivity contribution < 1.29 is 14.3 Å². The Morgan fingerprint density at radius 2 is 2.14 bits per heavy atom. The summed E-state index contributed by atoms with van der Waals surface area (Å²) in [6, 6.07) is 7.76. The van der Waals surface area contributed by atoms with Crippen LogP contribution in [0.25, 0.3) is 0 Å². The van der Waals surface area contributed by atoms with Crippen molar-refractivity contribution in [2.45, 2.75) is 13.0 Å². The SMILES string of the molecule is C=CCOc1ccccc1CNC(=NC)NCCC(=O)OC. The molecule has 0 heterocycles. The molecule has 0 fully saturated rings. The minimum Gasteiger partial charge on any atom is -0.489 e. The van der Waals surface area contributed by atoms with E-state index in [1.54, 1.807) is 13.1 Å². The Morgan fingerprint density at radius 1 is 1.36 bits per heavy atom. The molecule has 0 aromatic heterocycles. The summed E-state index contributed by atoms with van der Waals surface area (Å²) in [6.45, 7) is 5.12. The second-order valence-corrected chi connectivity index (χ2v) is 4.39. The van der Waals surface area contributed by atoms with E-state index in [-0.39, 0.29) is 12.4 Å². The smallest absolute Gasteiger partial charge is 0.307 e. The molecule has 2 N–H and O–H groups in total. The van der Waals surface area contributed by atoms with E-state index >= 15 is 0 Å². The normalized spacial score (nSPS) is 10.7. The number of para-hydroxylation sites is 1. The number of benzene rings is 1. The van der Waals surface area contributed by atoms with Crippen molar-refractivity contribution in [3.8, 4) is 5.75 Å². The lowest BCUT2D eigenvalue weighted by Gasteiger charge is -2.14. The predicted molar refractivity (Wildman–Crippen MR) is 87.0 cm³/mol. The summed E-state index contributed by atoms with van der Waals surface area (Å²) in [4.78, 5) is 15.2. The first kappa shape index (κ1) is 17.6. The maximum Gasteiger partial charge on any atom is 0.307 e. The number of ether oxygens (including phenoxy) is 2. The van der Waals surface area contributed by atoms with Gasteiger partial charge in [0.05, 0.1) is 13.5 Å². The fourth-order valence-corrected chi connectivity index (χ4v) is 1.72. The van der Waals surface area contributed by atoms with E-state index in [0.717, 1.165) is 11.3 Å². The molecule has 1 aromatic carbocycles. The summed E-state index contributed by atoms with van der Waals surface area (Å²) >= 11 is 0. The first-order valence-corrected chi connectivity index (χ1v) is 7.04. The summed E-state index contributed by atoms with van der Waals surface area (Å²) in [5, 5.41) is 6.22. The van der Waals surface area contributed by atoms with Crippen LogP contribution in [0, 0.1) is 0 Å². The summed E-state index contributed by atoms with van der Waals surface area (Å²) in [5.41, 5.74) is 1.01. The molecule has 0 amide bonds. The van der Waals surface area contributed by atoms with Crippen LogP contribution < -0.4 is 15.4 Å². The van der Waals surface area contributed by atoms with Gasteiger partial charge in [0.15, 0.2) is 5.96 Å². The van der Waals surface area contributed by atoms with E-state index in [4.69, 9.17) is 4.74 Å². The molecule has 1 aromatic rings. The van der Waals surface area contributed by atoms with Gasteiger partial charge >= 0.3 is 5.97 Å². The first-order chi connectivity index (χ1) is 10.7. The van der Waals surface area contributed by atoms with Gasteiger partial charge in [-0.25, -0.2) is 0 Å². The highest BCUT2D eigenvalue weighted by molar-refractivity contribution is 5.80. The Labute approximate surface area is 131 Å². The lowest BCUT2D eigenvalue weighted by molar-refractivity contribution is -0.140. The molecule has 0 unspecified atom stereocenters. The number of nitrogens with zero attached hydrogens (tertiary/aromatic N) is 1. The summed E-state index contributed by atoms with van der Waals surface area (Å²) in [7, 11) is 3.04. The van der Waals surface area contributed by atoms with Crippen LogP contribution in [0.2, 0.25) is 0 Å². The molecular weight excluding hydrogens is 282 g/mol. The van der Waals surface area contributed by atoms with Crippen LogP contribution in [0.4, 0.5) is 0 Å². The molecule has 6 nitrogen and oxygen atoms in total. The maximum absolute atomic E-state index is 11.1. The molecule has 0 radical (unpaired) electrons. The molecule has 6 heteroatoms. The van der Waals surface area contributed by atoms with Crippen molar-refractivity contribution in [3.63, 3.8) is 0 Å². The van der Waals surface area contributed by atoms with Gasteiger partial charge in [0, 0.05) is 25.7 Å². The fourth-order valence-electron chi connectivity index (χ4n) is 1.72. The van der Waals surface area contributed by atoms with Crippen molar-refractivity contribution in [2.75, 3.05) is 27.3 Å². The van der Waals surface area contributed by atoms with E-state index in [1.165, 1.54) is 7.11 Å². The van der Waals surface area contributed by atoms with Crippen molar-refractivity contribution in [3.05, 3.63) is 42.5 Å². The zero-order valence-corrected chi connectivity index (χ0v) is 13.1. The molecule has 0 saturated heterocycles. The Bertz CT molecular complexity index is 515. The Balaban J connectivity index is 2.49. The van der Waals surface area contributed by atoms with Gasteiger partial charge in [-0.15, -0.1) is 0 Å². The van der Waals surface area contributed by atoms with E-state index in [1.807, 2.05) is 24.3 Å². The molecule has 0 saturated carbocycles. The number of aliphatic imine (C=N–C) groups is 1. The number of rotatable bonds is 8. The number of hydrogen-bond donors (Lipinski definition) is 2. The van der Waals surface area contributed by atoms with E-state index in [2.05, 4.69) is 26.9 Å². The van der Waals surface area contributed by atoms with Gasteiger partial charge in [-0.2, -0.15) is 0 Å². The minimum atomic E-state index is -0.258. The molecule has 120 valence electrons. The summed E-state index contributed by atoms with van der Waals surface area (Å²) < 4.78 is 10.2. The van der Waals surface area contributed by atoms with Gasteiger partial charge in [0.25, 0.3) is 0 Å². The third kappa shape index (κ3) is 6.30. The number of methoxy groups -OCH3 is 1. The molecule has 1 rings (SSSR count). The number of guanidine groups is 1. The first-order valence-electron chi connectivity index (χ1n) is 7.04. The lowest BCUT2D eigenvalue weighted by Crippen LogP contribution is -2.38. The highest BCUT2D eigenvalue weighted by atomic mass is 16.5. The largest absolute Gasteiger partial charge is 0.489 e. The topological polar surface area (TPSA) is 72.0 Å². The number of carbonyl (C=O) groups is 1. The Hall–Kier alpha value is -2.50. The summed E-state index contributed by atoms with van der Waals surface area (Å²) in [6.07, 6.45) is 1.99. The monoisotopic (exact) mass is 305 g/mol. The van der Waals surface area contributed by atoms with Gasteiger partial charge in [0.2, 0.25) is 0 Å². The van der Waals surface area contributed by atoms with Crippen molar-refractivity contribution in [1.82, 2.24) is 10.6 Å². The molecule has 0 atom stereocenters. The van der Waals surface area contributed by atoms with Crippen LogP contribution in [0.5, 0.6) is 5.75 Å². The standard InChI is InChI=1S/C16H23N3O3/c1-4-11-22-14-8-6-5-7-13(14)12-19-16(17-2)18-10-9-15(20)21-3/h4-8H,1,9-12H2,2-3H3,(H2,17,18,19). The molecule has 0 aliphatic rings. The van der Waals surface area contributed by atoms with Crippen LogP contribution in [0.1, 0.15) is 12.0 Å². The van der Waals surface area contributed by atoms with E-state index < -0.39 is 0 Å². The number of carbonyl (C=O) groups excluding carboxylic acids is 1. The van der Waals surface area contributed by atoms with Crippen LogP contribution in [-0.4, -0.2) is 39.2 Å². The highest BCUT2D eigenvalue weighted by Crippen LogP contribution is 2.17. The maximum atomic E-state index is 11.1. The average Bonchev–Trinajstić information content (AvgIpc) is 2.56. The Kier molecular flexibility index (Phi) is 8.18. The average molecular weight is 305 g/mol. The van der Waals surface area contributed by atoms with Crippen molar-refractivity contribution in [1.29, 1.82) is 0 Å². The van der Waals surface area contributed by atoms with Crippen molar-refractivity contribution >= 4 is 11.9 Å². The van der Waals surface area contributed by atoms with E-state index in [9.17, 15) is 4.79 Å². The van der Waals surface area contributed by atoms with Gasteiger partial charge in [-0.05, 0) is 6.07 Å². The van der Waals surface area contributed by atoms with Crippen LogP contribution in [0.3, 0.4) is 0 Å². The second kappa shape index (κ2) is 10.3. The fraction of sp³-hybridized carbons (Fsp3) is 0.375. The zero-order chi connectivity index (χ0) is 16.2. The molecule has 0 bridgehead atoms. The molecule has 22 heavy (non-hydrogen) atoms. The molecular formula is C16H23N3O3. The third-order valence-electron chi connectivity index (χ3n) is 2.85. The Morgan fingerprint density at radius 3 is 2.82 bits per heavy atom. The van der Waals surface area contributed by atoms with Gasteiger partial charge in [-0.3, -0.25) is 9.79 Å². The highest BCUT2D eigenvalue weighted by Gasteiger charge is 2.05. The molecule has 0 aliphatic carbocycles. The minimum absolute atomic E-state index is 0.258. The van der Waals surface area contributed by atoms with Gasteiger partial charge < -0.3 is 20.1 Å². The van der Waals surface area contributed by atoms with E-state index in [0.29, 0.717) is 25.7 Å².